The van der Waals surface area contributed by atoms with E-state index in [9.17, 15) is 10.2 Å². The zero-order chi connectivity index (χ0) is 69.5. The fourth-order valence-electron chi connectivity index (χ4n) is 16.3. The molecule has 18 nitrogen and oxygen atoms in total. The van der Waals surface area contributed by atoms with Gasteiger partial charge in [0.2, 0.25) is 11.8 Å². The second kappa shape index (κ2) is 35.2. The molecule has 3 aliphatic heterocycles. The first kappa shape index (κ1) is 78.1. The van der Waals surface area contributed by atoms with E-state index in [1.165, 1.54) is 88.1 Å². The molecule has 9 aliphatic rings. The molecule has 100 heavy (non-hydrogen) atoms. The Morgan fingerprint density at radius 3 is 1.16 bits per heavy atom. The molecule has 3 saturated carbocycles. The first-order valence-electron chi connectivity index (χ1n) is 37.9. The van der Waals surface area contributed by atoms with Gasteiger partial charge in [-0.15, -0.1) is 34.0 Å². The van der Waals surface area contributed by atoms with Gasteiger partial charge in [-0.25, -0.2) is 29.9 Å². The average molecular weight is 1490 g/mol. The number of aryl methyl sites for hydroxylation is 3. The van der Waals surface area contributed by atoms with Gasteiger partial charge in [0.25, 0.3) is 0 Å². The van der Waals surface area contributed by atoms with E-state index in [2.05, 4.69) is 112 Å². The Bertz CT molecular complexity index is 3540. The summed E-state index contributed by atoms with van der Waals surface area (Å²) in [6.45, 7) is 36.8. The summed E-state index contributed by atoms with van der Waals surface area (Å²) in [6.07, 6.45) is 28.7. The van der Waals surface area contributed by atoms with Crippen molar-refractivity contribution in [3.8, 4) is 11.8 Å². The minimum Gasteiger partial charge on any atom is -0.474 e. The Kier molecular flexibility index (Phi) is 27.5. The summed E-state index contributed by atoms with van der Waals surface area (Å²) in [5.41, 5.74) is 4.21. The van der Waals surface area contributed by atoms with Crippen molar-refractivity contribution in [1.82, 2.24) is 44.6 Å². The maximum absolute atomic E-state index is 9.45. The van der Waals surface area contributed by atoms with Crippen LogP contribution in [-0.2, 0) is 42.3 Å². The predicted molar refractivity (Wildman–Crippen MR) is 413 cm³/mol. The zero-order valence-electron chi connectivity index (χ0n) is 61.3. The van der Waals surface area contributed by atoms with Crippen molar-refractivity contribution in [2.24, 2.45) is 0 Å². The molecule has 9 heterocycles. The van der Waals surface area contributed by atoms with Gasteiger partial charge in [0.05, 0.1) is 61.9 Å². The van der Waals surface area contributed by atoms with E-state index < -0.39 is 16.6 Å². The number of rotatable bonds is 17. The van der Waals surface area contributed by atoms with Crippen LogP contribution < -0.4 is 9.47 Å². The second-order valence-corrected chi connectivity index (χ2v) is 45.6. The Labute approximate surface area is 616 Å². The molecule has 0 unspecified atom stereocenters. The molecule has 6 aromatic heterocycles. The fraction of sp³-hybridized carbons (Fsp3) is 0.763. The maximum Gasteiger partial charge on any atom is 0.225 e. The molecule has 2 N–H and O–H groups in total. The summed E-state index contributed by atoms with van der Waals surface area (Å²) in [4.78, 5) is 42.2. The highest BCUT2D eigenvalue weighted by atomic mass is 35.5. The van der Waals surface area contributed by atoms with E-state index in [0.717, 1.165) is 213 Å². The molecule has 6 aromatic rings. The third kappa shape index (κ3) is 18.9. The molecule has 3 saturated heterocycles. The van der Waals surface area contributed by atoms with Crippen molar-refractivity contribution in [3.63, 3.8) is 0 Å². The van der Waals surface area contributed by atoms with Crippen molar-refractivity contribution in [2.45, 2.75) is 274 Å². The van der Waals surface area contributed by atoms with Crippen LogP contribution in [0.3, 0.4) is 0 Å². The number of aliphatic hydroxyl groups excluding tert-OH is 2. The smallest absolute Gasteiger partial charge is 0.225 e. The van der Waals surface area contributed by atoms with E-state index in [1.807, 2.05) is 11.3 Å². The van der Waals surface area contributed by atoms with Gasteiger partial charge >= 0.3 is 0 Å². The van der Waals surface area contributed by atoms with E-state index in [1.54, 1.807) is 41.7 Å². The molecule has 0 radical (unpaired) electrons. The van der Waals surface area contributed by atoms with Gasteiger partial charge in [0, 0.05) is 91.8 Å². The van der Waals surface area contributed by atoms with Crippen LogP contribution in [0.25, 0.3) is 30.6 Å². The quantitative estimate of drug-likeness (QED) is 0.0646. The van der Waals surface area contributed by atoms with Gasteiger partial charge in [-0.1, -0.05) is 60.6 Å². The Morgan fingerprint density at radius 2 is 0.800 bits per heavy atom. The van der Waals surface area contributed by atoms with E-state index in [0.29, 0.717) is 41.0 Å². The van der Waals surface area contributed by atoms with Crippen LogP contribution in [0.2, 0.25) is 41.4 Å². The van der Waals surface area contributed by atoms with Gasteiger partial charge < -0.3 is 42.7 Å². The van der Waals surface area contributed by atoms with E-state index in [-0.39, 0.29) is 42.4 Å². The van der Waals surface area contributed by atoms with E-state index in [4.69, 9.17) is 44.1 Å². The largest absolute Gasteiger partial charge is 0.474 e. The molecule has 15 rings (SSSR count). The number of hydrogen-bond donors (Lipinski definition) is 2. The third-order valence-corrected chi connectivity index (χ3v) is 37.1. The van der Waals surface area contributed by atoms with Crippen LogP contribution in [0.15, 0.2) is 19.0 Å². The number of morpholine rings is 3. The minimum atomic E-state index is -1.72. The highest BCUT2D eigenvalue weighted by Gasteiger charge is 2.41. The third-order valence-electron chi connectivity index (χ3n) is 24.2. The highest BCUT2D eigenvalue weighted by molar-refractivity contribution is 7.19. The molecule has 3 atom stereocenters. The lowest BCUT2D eigenvalue weighted by molar-refractivity contribution is -0.00366. The topological polar surface area (TPSA) is 192 Å². The van der Waals surface area contributed by atoms with Gasteiger partial charge in [-0.2, -0.15) is 0 Å². The van der Waals surface area contributed by atoms with Crippen molar-refractivity contribution in [1.29, 1.82) is 0 Å². The number of nitrogens with zero attached hydrogens (tertiary/aromatic N) is 9. The Balaban J connectivity index is 0.000000140. The fourth-order valence-corrected chi connectivity index (χ4v) is 22.4. The van der Waals surface area contributed by atoms with Crippen molar-refractivity contribution in [2.75, 3.05) is 98.7 Å². The SMILES string of the molecule is C.CC(C)(C)[Si](C)(C)OCC[C@H]1CCc2sc3ncnc(Cl)c3c21.CC(C)(C)[Si](C)(C)OCC[C@H]1CCc2sc3ncnc(OC4CCC(N5CCOCC5)CC4)c3c21.OC1CCC(N2CCOCC2)CC1.OCC[C@H]1CCc2sc3ncnc(OC4CCC(N5CCOCC5)CC4)c3c21. The molecule has 0 aromatic carbocycles. The van der Waals surface area contributed by atoms with Crippen molar-refractivity contribution >= 4 is 92.9 Å². The van der Waals surface area contributed by atoms with Crippen LogP contribution in [-0.4, -0.2) is 207 Å². The van der Waals surface area contributed by atoms with Gasteiger partial charge in [-0.3, -0.25) is 14.7 Å². The lowest BCUT2D eigenvalue weighted by Crippen LogP contribution is -2.46. The average Bonchev–Trinajstić information content (AvgIpc) is 1.62. The van der Waals surface area contributed by atoms with Gasteiger partial charge in [0.1, 0.15) is 50.8 Å². The van der Waals surface area contributed by atoms with Gasteiger partial charge in [0.15, 0.2) is 16.6 Å². The zero-order valence-corrected chi connectivity index (χ0v) is 66.5. The normalized spacial score (nSPS) is 26.4. The summed E-state index contributed by atoms with van der Waals surface area (Å²) in [5.74, 6) is 3.06. The van der Waals surface area contributed by atoms with Crippen LogP contribution in [0.4, 0.5) is 0 Å². The number of hydrogen-bond acceptors (Lipinski definition) is 21. The number of thiophene rings is 3. The first-order valence-corrected chi connectivity index (χ1v) is 46.6. The first-order chi connectivity index (χ1) is 47.6. The number of aromatic nitrogens is 6. The molecule has 0 spiro atoms. The summed E-state index contributed by atoms with van der Waals surface area (Å²) >= 11 is 11.8. The predicted octanol–water partition coefficient (Wildman–Crippen LogP) is 16.3. The Hall–Kier alpha value is -2.96. The van der Waals surface area contributed by atoms with Crippen LogP contribution >= 0.6 is 45.6 Å². The van der Waals surface area contributed by atoms with E-state index >= 15 is 0 Å². The molecule has 556 valence electrons. The summed E-state index contributed by atoms with van der Waals surface area (Å²) in [6, 6.07) is 2.07. The molecule has 6 fully saturated rings. The van der Waals surface area contributed by atoms with Crippen molar-refractivity contribution < 1.29 is 42.7 Å². The van der Waals surface area contributed by atoms with Crippen LogP contribution in [0.5, 0.6) is 11.8 Å². The standard InChI is InChI=1S/C27H43N3O3SSi.C21H29N3O3S.C17H25ClN2OSSi.C10H19NO2.CH4/c1-27(2,3)35(4,5)32-15-12-19-6-11-22-23(19)24-25(28-18-29-26(24)34-22)33-21-9-7-20(8-10-21)30-13-16-31-17-14-30;25-10-7-14-1-6-17-18(14)19-20(22-13-23-21(19)28-17)27-16-4-2-15(3-5-16)24-8-11-26-12-9-24;1-17(2,3)23(4,5)21-9-8-11-6-7-12-13(11)14-15(18)19-10-20-16(14)22-12;12-10-3-1-9(2-4-10)11-5-7-13-8-6-11;/h18-21H,6-17H2,1-5H3;13-16,25H,1-12H2;10-11H,6-9H2,1-5H3;9-10,12H,1-8H2;1H4/t19-,20?,21?;14-,15?,16?;11-;;/m111../s1. The summed E-state index contributed by atoms with van der Waals surface area (Å²) in [5, 5.41) is 23.3. The summed E-state index contributed by atoms with van der Waals surface area (Å²) < 4.78 is 42.3. The number of aliphatic hydroxyl groups is 2. The molecular formula is C76H120ClN9O9S3Si2. The number of halogens is 1. The Morgan fingerprint density at radius 1 is 0.470 bits per heavy atom. The lowest BCUT2D eigenvalue weighted by atomic mass is 9.91. The van der Waals surface area contributed by atoms with Crippen LogP contribution in [0, 0.1) is 0 Å². The number of fused-ring (bicyclic) bond motifs is 9. The molecule has 24 heteroatoms. The van der Waals surface area contributed by atoms with Crippen LogP contribution in [0.1, 0.15) is 214 Å². The number of ether oxygens (including phenoxy) is 5. The van der Waals surface area contributed by atoms with Crippen molar-refractivity contribution in [3.05, 3.63) is 55.5 Å². The molecule has 6 aliphatic carbocycles. The second-order valence-electron chi connectivity index (χ2n) is 32.4. The molecule has 0 bridgehead atoms. The molecular weight excluding hydrogens is 1370 g/mol. The summed E-state index contributed by atoms with van der Waals surface area (Å²) in [7, 11) is -3.39. The maximum atomic E-state index is 9.45. The highest BCUT2D eigenvalue weighted by Crippen LogP contribution is 2.51. The lowest BCUT2D eigenvalue weighted by Gasteiger charge is -2.38. The monoisotopic (exact) mass is 1490 g/mol. The molecule has 0 amide bonds. The van der Waals surface area contributed by atoms with Gasteiger partial charge in [-0.05, 0) is 206 Å². The minimum absolute atomic E-state index is 0.